The van der Waals surface area contributed by atoms with E-state index in [1.54, 1.807) is 11.3 Å². The van der Waals surface area contributed by atoms with Crippen LogP contribution in [0.2, 0.25) is 0 Å². The molecule has 0 atom stereocenters. The minimum absolute atomic E-state index is 0.0512. The van der Waals surface area contributed by atoms with Crippen LogP contribution in [0.15, 0.2) is 36.5 Å². The highest BCUT2D eigenvalue weighted by atomic mass is 32.1. The van der Waals surface area contributed by atoms with E-state index in [1.807, 2.05) is 44.4 Å². The maximum absolute atomic E-state index is 12.7. The minimum atomic E-state index is -0.0512. The van der Waals surface area contributed by atoms with E-state index in [2.05, 4.69) is 31.0 Å². The molecule has 1 aliphatic rings. The van der Waals surface area contributed by atoms with Crippen molar-refractivity contribution in [2.24, 2.45) is 0 Å². The van der Waals surface area contributed by atoms with Gasteiger partial charge in [-0.05, 0) is 30.7 Å². The number of aromatic nitrogens is 3. The molecule has 5 rings (SSSR count). The summed E-state index contributed by atoms with van der Waals surface area (Å²) in [6.07, 6.45) is 1.86. The van der Waals surface area contributed by atoms with E-state index < -0.39 is 0 Å². The Morgan fingerprint density at radius 1 is 1.25 bits per heavy atom. The van der Waals surface area contributed by atoms with Gasteiger partial charge in [-0.2, -0.15) is 0 Å². The SMILES string of the molecule is CNc1nc2cc(-c3cccc(C(=O)NCCN4CCOCC4)c3)sc2n2c(C)cnc12. The molecule has 1 fully saturated rings. The number of amides is 1. The van der Waals surface area contributed by atoms with Crippen molar-refractivity contribution in [2.75, 3.05) is 51.8 Å². The molecule has 3 aromatic heterocycles. The Hall–Kier alpha value is -3.01. The first-order valence-electron chi connectivity index (χ1n) is 10.8. The van der Waals surface area contributed by atoms with Gasteiger partial charge in [0.1, 0.15) is 10.3 Å². The van der Waals surface area contributed by atoms with Gasteiger partial charge in [-0.1, -0.05) is 12.1 Å². The van der Waals surface area contributed by atoms with Crippen LogP contribution in [0.3, 0.4) is 0 Å². The predicted octanol–water partition coefficient (Wildman–Crippen LogP) is 3.02. The first kappa shape index (κ1) is 20.9. The lowest BCUT2D eigenvalue weighted by molar-refractivity contribution is 0.0383. The van der Waals surface area contributed by atoms with Gasteiger partial charge >= 0.3 is 0 Å². The molecule has 1 amide bonds. The Morgan fingerprint density at radius 2 is 2.09 bits per heavy atom. The number of nitrogens with zero attached hydrogens (tertiary/aromatic N) is 4. The summed E-state index contributed by atoms with van der Waals surface area (Å²) >= 11 is 1.66. The van der Waals surface area contributed by atoms with Crippen molar-refractivity contribution in [3.63, 3.8) is 0 Å². The molecule has 166 valence electrons. The molecular formula is C23H26N6O2S. The molecule has 0 saturated carbocycles. The van der Waals surface area contributed by atoms with E-state index in [-0.39, 0.29) is 5.91 Å². The third-order valence-corrected chi connectivity index (χ3v) is 6.90. The number of hydrogen-bond acceptors (Lipinski definition) is 7. The summed E-state index contributed by atoms with van der Waals surface area (Å²) in [6, 6.07) is 9.85. The smallest absolute Gasteiger partial charge is 0.251 e. The van der Waals surface area contributed by atoms with Gasteiger partial charge in [0.25, 0.3) is 5.91 Å². The van der Waals surface area contributed by atoms with Crippen molar-refractivity contribution in [3.05, 3.63) is 47.8 Å². The molecule has 0 unspecified atom stereocenters. The molecule has 1 aliphatic heterocycles. The van der Waals surface area contributed by atoms with Crippen LogP contribution in [0.5, 0.6) is 0 Å². The van der Waals surface area contributed by atoms with Crippen LogP contribution in [0.4, 0.5) is 5.82 Å². The van der Waals surface area contributed by atoms with Gasteiger partial charge in [-0.25, -0.2) is 9.97 Å². The summed E-state index contributed by atoms with van der Waals surface area (Å²) in [5.41, 5.74) is 4.45. The van der Waals surface area contributed by atoms with Gasteiger partial charge < -0.3 is 15.4 Å². The molecule has 0 bridgehead atoms. The number of ether oxygens (including phenoxy) is 1. The molecule has 0 radical (unpaired) electrons. The molecule has 1 saturated heterocycles. The van der Waals surface area contributed by atoms with Crippen LogP contribution < -0.4 is 10.6 Å². The van der Waals surface area contributed by atoms with E-state index >= 15 is 0 Å². The van der Waals surface area contributed by atoms with E-state index in [0.29, 0.717) is 12.1 Å². The number of carbonyl (C=O) groups excluding carboxylic acids is 1. The fourth-order valence-electron chi connectivity index (χ4n) is 4.02. The lowest BCUT2D eigenvalue weighted by Crippen LogP contribution is -2.41. The number of nitrogens with one attached hydrogen (secondary N) is 2. The first-order chi connectivity index (χ1) is 15.6. The molecule has 4 heterocycles. The molecule has 9 heteroatoms. The lowest BCUT2D eigenvalue weighted by Gasteiger charge is -2.26. The monoisotopic (exact) mass is 450 g/mol. The standard InChI is InChI=1S/C23H26N6O2S/c1-15-14-26-21-20(24-2)27-18-13-19(32-23(18)29(15)21)16-4-3-5-17(12-16)22(30)25-6-7-28-8-10-31-11-9-28/h3-5,12-14H,6-11H2,1-2H3,(H,24,27)(H,25,30). The Balaban J connectivity index is 1.38. The second-order valence-corrected chi connectivity index (χ2v) is 8.89. The van der Waals surface area contributed by atoms with Crippen LogP contribution in [-0.2, 0) is 4.74 Å². The zero-order valence-electron chi connectivity index (χ0n) is 18.2. The summed E-state index contributed by atoms with van der Waals surface area (Å²) in [6.45, 7) is 6.88. The van der Waals surface area contributed by atoms with Gasteiger partial charge in [0.05, 0.1) is 13.2 Å². The number of morpholine rings is 1. The zero-order valence-corrected chi connectivity index (χ0v) is 19.0. The summed E-state index contributed by atoms with van der Waals surface area (Å²) in [5, 5.41) is 6.18. The molecule has 4 aromatic rings. The maximum atomic E-state index is 12.7. The summed E-state index contributed by atoms with van der Waals surface area (Å²) in [5.74, 6) is 0.702. The number of imidazole rings is 1. The van der Waals surface area contributed by atoms with E-state index in [4.69, 9.17) is 9.72 Å². The molecule has 8 nitrogen and oxygen atoms in total. The lowest BCUT2D eigenvalue weighted by atomic mass is 10.1. The topological polar surface area (TPSA) is 83.8 Å². The van der Waals surface area contributed by atoms with Crippen LogP contribution in [0.1, 0.15) is 16.1 Å². The van der Waals surface area contributed by atoms with Gasteiger partial charge in [0.2, 0.25) is 0 Å². The zero-order chi connectivity index (χ0) is 22.1. The predicted molar refractivity (Wildman–Crippen MR) is 128 cm³/mol. The largest absolute Gasteiger partial charge is 0.379 e. The number of aryl methyl sites for hydroxylation is 1. The average Bonchev–Trinajstić information content (AvgIpc) is 3.43. The Kier molecular flexibility index (Phi) is 5.77. The summed E-state index contributed by atoms with van der Waals surface area (Å²) < 4.78 is 7.50. The first-order valence-corrected chi connectivity index (χ1v) is 11.6. The fraction of sp³-hybridized carbons (Fsp3) is 0.348. The molecule has 0 aliphatic carbocycles. The summed E-state index contributed by atoms with van der Waals surface area (Å²) in [7, 11) is 1.85. The van der Waals surface area contributed by atoms with Crippen LogP contribution in [-0.4, -0.2) is 71.6 Å². The minimum Gasteiger partial charge on any atom is -0.379 e. The van der Waals surface area contributed by atoms with Crippen LogP contribution in [0.25, 0.3) is 26.4 Å². The molecular weight excluding hydrogens is 424 g/mol. The number of carbonyl (C=O) groups is 1. The Morgan fingerprint density at radius 3 is 2.91 bits per heavy atom. The van der Waals surface area contributed by atoms with E-state index in [1.165, 1.54) is 0 Å². The maximum Gasteiger partial charge on any atom is 0.251 e. The third kappa shape index (κ3) is 3.94. The van der Waals surface area contributed by atoms with Crippen molar-refractivity contribution in [3.8, 4) is 10.4 Å². The average molecular weight is 451 g/mol. The van der Waals surface area contributed by atoms with Gasteiger partial charge in [-0.15, -0.1) is 11.3 Å². The number of hydrogen-bond donors (Lipinski definition) is 2. The molecule has 32 heavy (non-hydrogen) atoms. The number of fused-ring (bicyclic) bond motifs is 3. The quantitative estimate of drug-likeness (QED) is 0.470. The molecule has 1 aromatic carbocycles. The number of thiophene rings is 1. The van der Waals surface area contributed by atoms with Gasteiger partial charge in [0, 0.05) is 55.6 Å². The third-order valence-electron chi connectivity index (χ3n) is 5.74. The second-order valence-electron chi connectivity index (χ2n) is 7.86. The van der Waals surface area contributed by atoms with Crippen molar-refractivity contribution >= 4 is 39.1 Å². The Labute approximate surface area is 190 Å². The highest BCUT2D eigenvalue weighted by Gasteiger charge is 2.16. The highest BCUT2D eigenvalue weighted by molar-refractivity contribution is 7.21. The van der Waals surface area contributed by atoms with Crippen molar-refractivity contribution in [1.29, 1.82) is 0 Å². The normalized spacial score (nSPS) is 14.8. The van der Waals surface area contributed by atoms with E-state index in [0.717, 1.165) is 70.8 Å². The second kappa shape index (κ2) is 8.85. The van der Waals surface area contributed by atoms with Crippen LogP contribution in [0, 0.1) is 6.92 Å². The molecule has 0 spiro atoms. The number of rotatable bonds is 6. The van der Waals surface area contributed by atoms with Crippen molar-refractivity contribution in [1.82, 2.24) is 24.6 Å². The highest BCUT2D eigenvalue weighted by Crippen LogP contribution is 2.35. The molecule has 2 N–H and O–H groups in total. The number of benzene rings is 1. The van der Waals surface area contributed by atoms with Crippen molar-refractivity contribution < 1.29 is 9.53 Å². The fourth-order valence-corrected chi connectivity index (χ4v) is 5.18. The number of anilines is 1. The van der Waals surface area contributed by atoms with Crippen LogP contribution >= 0.6 is 11.3 Å². The summed E-state index contributed by atoms with van der Waals surface area (Å²) in [4.78, 5) is 26.4. The van der Waals surface area contributed by atoms with Gasteiger partial charge in [0.15, 0.2) is 11.5 Å². The van der Waals surface area contributed by atoms with Gasteiger partial charge in [-0.3, -0.25) is 14.1 Å². The van der Waals surface area contributed by atoms with E-state index in [9.17, 15) is 4.79 Å². The van der Waals surface area contributed by atoms with Crippen molar-refractivity contribution in [2.45, 2.75) is 6.92 Å². The Bertz CT molecular complexity index is 1270.